The summed E-state index contributed by atoms with van der Waals surface area (Å²) in [5, 5.41) is 0. The summed E-state index contributed by atoms with van der Waals surface area (Å²) < 4.78 is 0. The van der Waals surface area contributed by atoms with Gasteiger partial charge in [0.2, 0.25) is 0 Å². The van der Waals surface area contributed by atoms with Gasteiger partial charge in [-0.1, -0.05) is 12.1 Å². The van der Waals surface area contributed by atoms with E-state index in [0.29, 0.717) is 5.82 Å². The van der Waals surface area contributed by atoms with E-state index < -0.39 is 0 Å². The molecule has 0 aliphatic carbocycles. The monoisotopic (exact) mass is 246 g/mol. The average molecular weight is 246 g/mol. The van der Waals surface area contributed by atoms with Crippen molar-refractivity contribution in [3.05, 3.63) is 24.3 Å². The minimum atomic E-state index is 0.538. The molecule has 3 rings (SSSR count). The molecule has 1 aliphatic heterocycles. The van der Waals surface area contributed by atoms with E-state index in [2.05, 4.69) is 14.9 Å². The van der Waals surface area contributed by atoms with Gasteiger partial charge in [-0.2, -0.15) is 11.8 Å². The van der Waals surface area contributed by atoms with Crippen LogP contribution in [0.5, 0.6) is 0 Å². The number of hydrogen-bond acceptors (Lipinski definition) is 5. The minimum Gasteiger partial charge on any atom is -0.381 e. The zero-order valence-corrected chi connectivity index (χ0v) is 10.3. The van der Waals surface area contributed by atoms with E-state index in [-0.39, 0.29) is 0 Å². The Labute approximate surface area is 104 Å². The largest absolute Gasteiger partial charge is 0.381 e. The van der Waals surface area contributed by atoms with Crippen molar-refractivity contribution in [2.24, 2.45) is 0 Å². The maximum Gasteiger partial charge on any atom is 0.172 e. The van der Waals surface area contributed by atoms with Crippen LogP contribution in [0, 0.1) is 0 Å². The van der Waals surface area contributed by atoms with Crippen molar-refractivity contribution in [2.45, 2.75) is 0 Å². The van der Waals surface area contributed by atoms with E-state index in [0.717, 1.165) is 41.4 Å². The second kappa shape index (κ2) is 4.41. The van der Waals surface area contributed by atoms with Gasteiger partial charge in [-0.05, 0) is 12.1 Å². The Hall–Kier alpha value is -1.49. The van der Waals surface area contributed by atoms with Gasteiger partial charge >= 0.3 is 0 Å². The third-order valence-corrected chi connectivity index (χ3v) is 3.83. The van der Waals surface area contributed by atoms with Crippen LogP contribution in [-0.4, -0.2) is 34.6 Å². The van der Waals surface area contributed by atoms with Crippen molar-refractivity contribution in [2.75, 3.05) is 35.2 Å². The van der Waals surface area contributed by atoms with Gasteiger partial charge in [0.05, 0.1) is 11.0 Å². The highest BCUT2D eigenvalue weighted by Gasteiger charge is 2.16. The molecule has 2 aromatic rings. The van der Waals surface area contributed by atoms with Crippen LogP contribution in [0.25, 0.3) is 11.0 Å². The number of anilines is 2. The van der Waals surface area contributed by atoms with Crippen LogP contribution in [0.1, 0.15) is 0 Å². The fraction of sp³-hybridized carbons (Fsp3) is 0.333. The zero-order chi connectivity index (χ0) is 11.7. The highest BCUT2D eigenvalue weighted by molar-refractivity contribution is 7.99. The number of para-hydroxylation sites is 2. The maximum absolute atomic E-state index is 6.00. The van der Waals surface area contributed by atoms with Crippen molar-refractivity contribution in [1.29, 1.82) is 0 Å². The van der Waals surface area contributed by atoms with Crippen molar-refractivity contribution in [3.63, 3.8) is 0 Å². The minimum absolute atomic E-state index is 0.538. The summed E-state index contributed by atoms with van der Waals surface area (Å²) in [6.07, 6.45) is 0. The van der Waals surface area contributed by atoms with Crippen molar-refractivity contribution >= 4 is 34.4 Å². The first kappa shape index (κ1) is 10.7. The lowest BCUT2D eigenvalue weighted by atomic mass is 10.3. The number of hydrogen-bond donors (Lipinski definition) is 1. The Balaban J connectivity index is 2.06. The molecule has 88 valence electrons. The van der Waals surface area contributed by atoms with E-state index in [9.17, 15) is 0 Å². The molecule has 1 saturated heterocycles. The highest BCUT2D eigenvalue weighted by atomic mass is 32.2. The first-order valence-electron chi connectivity index (χ1n) is 5.69. The van der Waals surface area contributed by atoms with Crippen LogP contribution >= 0.6 is 11.8 Å². The zero-order valence-electron chi connectivity index (χ0n) is 9.47. The summed E-state index contributed by atoms with van der Waals surface area (Å²) in [4.78, 5) is 11.3. The number of rotatable bonds is 1. The van der Waals surface area contributed by atoms with Gasteiger partial charge < -0.3 is 10.6 Å². The molecule has 1 aromatic carbocycles. The molecule has 0 bridgehead atoms. The molecular weight excluding hydrogens is 232 g/mol. The molecule has 1 aromatic heterocycles. The smallest absolute Gasteiger partial charge is 0.172 e. The number of benzene rings is 1. The van der Waals surface area contributed by atoms with Crippen molar-refractivity contribution in [1.82, 2.24) is 9.97 Å². The Morgan fingerprint density at radius 3 is 2.41 bits per heavy atom. The molecular formula is C12H14N4S. The lowest BCUT2D eigenvalue weighted by Gasteiger charge is -2.28. The third-order valence-electron chi connectivity index (χ3n) is 2.89. The van der Waals surface area contributed by atoms with E-state index in [1.807, 2.05) is 36.0 Å². The van der Waals surface area contributed by atoms with E-state index in [1.54, 1.807) is 0 Å². The van der Waals surface area contributed by atoms with Gasteiger partial charge in [0.1, 0.15) is 0 Å². The normalized spacial score (nSPS) is 16.4. The molecule has 0 saturated carbocycles. The van der Waals surface area contributed by atoms with Gasteiger partial charge in [0.25, 0.3) is 0 Å². The lowest BCUT2D eigenvalue weighted by Crippen LogP contribution is -2.33. The Bertz CT molecular complexity index is 537. The van der Waals surface area contributed by atoms with Crippen molar-refractivity contribution in [3.8, 4) is 0 Å². The number of fused-ring (bicyclic) bond motifs is 1. The average Bonchev–Trinajstić information content (AvgIpc) is 2.39. The Morgan fingerprint density at radius 1 is 1.06 bits per heavy atom. The number of aromatic nitrogens is 2. The van der Waals surface area contributed by atoms with Crippen molar-refractivity contribution < 1.29 is 0 Å². The lowest BCUT2D eigenvalue weighted by molar-refractivity contribution is 0.841. The predicted octanol–water partition coefficient (Wildman–Crippen LogP) is 1.77. The predicted molar refractivity (Wildman–Crippen MR) is 73.5 cm³/mol. The molecule has 1 fully saturated rings. The fourth-order valence-electron chi connectivity index (χ4n) is 2.01. The summed E-state index contributed by atoms with van der Waals surface area (Å²) >= 11 is 1.97. The summed E-state index contributed by atoms with van der Waals surface area (Å²) in [6, 6.07) is 7.84. The Kier molecular flexibility index (Phi) is 2.76. The molecule has 1 aliphatic rings. The number of nitrogens with two attached hydrogens (primary N) is 1. The van der Waals surface area contributed by atoms with Crippen LogP contribution in [0.15, 0.2) is 24.3 Å². The molecule has 0 spiro atoms. The summed E-state index contributed by atoms with van der Waals surface area (Å²) in [5.74, 6) is 3.64. The summed E-state index contributed by atoms with van der Waals surface area (Å²) in [5.41, 5.74) is 7.77. The van der Waals surface area contributed by atoms with Gasteiger partial charge in [-0.3, -0.25) is 0 Å². The summed E-state index contributed by atoms with van der Waals surface area (Å²) in [7, 11) is 0. The van der Waals surface area contributed by atoms with Crippen LogP contribution in [-0.2, 0) is 0 Å². The van der Waals surface area contributed by atoms with Crippen LogP contribution in [0.2, 0.25) is 0 Å². The first-order valence-corrected chi connectivity index (χ1v) is 6.85. The molecule has 4 nitrogen and oxygen atoms in total. The quantitative estimate of drug-likeness (QED) is 0.831. The fourth-order valence-corrected chi connectivity index (χ4v) is 2.92. The molecule has 2 N–H and O–H groups in total. The second-order valence-electron chi connectivity index (χ2n) is 4.02. The van der Waals surface area contributed by atoms with Gasteiger partial charge in [0.15, 0.2) is 11.6 Å². The van der Waals surface area contributed by atoms with Crippen LogP contribution in [0.4, 0.5) is 11.6 Å². The van der Waals surface area contributed by atoms with Crippen LogP contribution in [0.3, 0.4) is 0 Å². The molecule has 2 heterocycles. The van der Waals surface area contributed by atoms with Gasteiger partial charge in [0, 0.05) is 24.6 Å². The number of nitrogens with zero attached hydrogens (tertiary/aromatic N) is 3. The standard InChI is InChI=1S/C12H14N4S/c13-11-12(16-5-7-17-8-6-16)15-10-4-2-1-3-9(10)14-11/h1-4H,5-8H2,(H2,13,14). The van der Waals surface area contributed by atoms with E-state index in [4.69, 9.17) is 5.73 Å². The van der Waals surface area contributed by atoms with Crippen LogP contribution < -0.4 is 10.6 Å². The molecule has 0 atom stereocenters. The molecule has 0 unspecified atom stereocenters. The molecule has 0 radical (unpaired) electrons. The topological polar surface area (TPSA) is 55.0 Å². The SMILES string of the molecule is Nc1nc2ccccc2nc1N1CCSCC1. The van der Waals surface area contributed by atoms with Gasteiger partial charge in [-0.25, -0.2) is 9.97 Å². The number of thioether (sulfide) groups is 1. The second-order valence-corrected chi connectivity index (χ2v) is 5.25. The van der Waals surface area contributed by atoms with E-state index >= 15 is 0 Å². The third kappa shape index (κ3) is 2.02. The molecule has 0 amide bonds. The molecule has 17 heavy (non-hydrogen) atoms. The van der Waals surface area contributed by atoms with Gasteiger partial charge in [-0.15, -0.1) is 0 Å². The Morgan fingerprint density at radius 2 is 1.71 bits per heavy atom. The number of nitrogen functional groups attached to an aromatic ring is 1. The summed E-state index contributed by atoms with van der Waals surface area (Å²) in [6.45, 7) is 2.00. The molecule has 5 heteroatoms. The highest BCUT2D eigenvalue weighted by Crippen LogP contribution is 2.24. The first-order chi connectivity index (χ1) is 8.34. The maximum atomic E-state index is 6.00. The van der Waals surface area contributed by atoms with E-state index in [1.165, 1.54) is 0 Å².